The maximum Gasteiger partial charge on any atom is 0.213 e. The number of ether oxygens (including phenoxy) is 1. The van der Waals surface area contributed by atoms with E-state index < -0.39 is 9.84 Å². The molecule has 0 aliphatic heterocycles. The minimum absolute atomic E-state index is 0. The zero-order valence-corrected chi connectivity index (χ0v) is 20.2. The van der Waals surface area contributed by atoms with Crippen LogP contribution in [0.15, 0.2) is 52.5 Å². The van der Waals surface area contributed by atoms with Crippen molar-refractivity contribution in [3.63, 3.8) is 0 Å². The average molecular weight is 532 g/mol. The monoisotopic (exact) mass is 532 g/mol. The van der Waals surface area contributed by atoms with Crippen molar-refractivity contribution >= 4 is 39.8 Å². The van der Waals surface area contributed by atoms with Crippen LogP contribution in [0.4, 0.5) is 0 Å². The van der Waals surface area contributed by atoms with Gasteiger partial charge in [-0.25, -0.2) is 13.4 Å². The Bertz CT molecular complexity index is 870. The van der Waals surface area contributed by atoms with Crippen LogP contribution in [-0.2, 0) is 22.8 Å². The lowest BCUT2D eigenvalue weighted by molar-refractivity contribution is 0.305. The number of rotatable bonds is 9. The molecule has 160 valence electrons. The molecule has 0 saturated carbocycles. The highest BCUT2D eigenvalue weighted by Gasteiger charge is 2.06. The SMILES string of the molecule is CCCOc1ccc(CNC(=NC)NCCc2ccc(S(C)(=O)=O)cc2)cn1.I. The van der Waals surface area contributed by atoms with E-state index in [4.69, 9.17) is 4.74 Å². The number of aliphatic imine (C=N–C) groups is 1. The molecular formula is C20H29IN4O3S. The smallest absolute Gasteiger partial charge is 0.213 e. The van der Waals surface area contributed by atoms with Crippen LogP contribution in [0.25, 0.3) is 0 Å². The summed E-state index contributed by atoms with van der Waals surface area (Å²) in [4.78, 5) is 8.82. The molecule has 1 heterocycles. The molecule has 0 unspecified atom stereocenters. The lowest BCUT2D eigenvalue weighted by Gasteiger charge is -2.12. The fourth-order valence-corrected chi connectivity index (χ4v) is 3.07. The Morgan fingerprint density at radius 3 is 2.34 bits per heavy atom. The predicted molar refractivity (Wildman–Crippen MR) is 127 cm³/mol. The lowest BCUT2D eigenvalue weighted by atomic mass is 10.1. The van der Waals surface area contributed by atoms with Crippen molar-refractivity contribution in [2.24, 2.45) is 4.99 Å². The van der Waals surface area contributed by atoms with Gasteiger partial charge in [-0.15, -0.1) is 24.0 Å². The Labute approximate surface area is 190 Å². The number of hydrogen-bond acceptors (Lipinski definition) is 5. The molecule has 0 radical (unpaired) electrons. The van der Waals surface area contributed by atoms with E-state index in [2.05, 4.69) is 27.5 Å². The van der Waals surface area contributed by atoms with Gasteiger partial charge in [-0.1, -0.05) is 25.1 Å². The van der Waals surface area contributed by atoms with E-state index in [1.807, 2.05) is 24.3 Å². The second-order valence-corrected chi connectivity index (χ2v) is 8.39. The Morgan fingerprint density at radius 2 is 1.79 bits per heavy atom. The minimum atomic E-state index is -3.16. The van der Waals surface area contributed by atoms with Crippen LogP contribution in [0, 0.1) is 0 Å². The fourth-order valence-electron chi connectivity index (χ4n) is 2.44. The molecule has 0 aliphatic rings. The van der Waals surface area contributed by atoms with Gasteiger partial charge < -0.3 is 15.4 Å². The van der Waals surface area contributed by atoms with Gasteiger partial charge >= 0.3 is 0 Å². The number of pyridine rings is 1. The van der Waals surface area contributed by atoms with E-state index in [-0.39, 0.29) is 24.0 Å². The van der Waals surface area contributed by atoms with Gasteiger partial charge in [0.25, 0.3) is 0 Å². The molecule has 0 bridgehead atoms. The van der Waals surface area contributed by atoms with Crippen molar-refractivity contribution in [3.05, 3.63) is 53.7 Å². The van der Waals surface area contributed by atoms with Gasteiger partial charge in [0.05, 0.1) is 11.5 Å². The number of aromatic nitrogens is 1. The number of sulfone groups is 1. The van der Waals surface area contributed by atoms with Crippen LogP contribution in [0.5, 0.6) is 5.88 Å². The van der Waals surface area contributed by atoms with Crippen molar-refractivity contribution in [2.75, 3.05) is 26.5 Å². The van der Waals surface area contributed by atoms with Gasteiger partial charge in [-0.3, -0.25) is 4.99 Å². The van der Waals surface area contributed by atoms with Crippen LogP contribution in [0.1, 0.15) is 24.5 Å². The Morgan fingerprint density at radius 1 is 1.10 bits per heavy atom. The Hall–Kier alpha value is -1.88. The summed E-state index contributed by atoms with van der Waals surface area (Å²) in [5, 5.41) is 6.49. The van der Waals surface area contributed by atoms with Gasteiger partial charge in [-0.2, -0.15) is 0 Å². The molecule has 2 aromatic rings. The van der Waals surface area contributed by atoms with Gasteiger partial charge in [0.1, 0.15) is 0 Å². The topological polar surface area (TPSA) is 92.7 Å². The first-order valence-electron chi connectivity index (χ1n) is 9.23. The van der Waals surface area contributed by atoms with Crippen LogP contribution < -0.4 is 15.4 Å². The summed E-state index contributed by atoms with van der Waals surface area (Å²) in [6.07, 6.45) is 4.71. The molecule has 0 atom stereocenters. The third-order valence-corrected chi connectivity index (χ3v) is 5.12. The van der Waals surface area contributed by atoms with Gasteiger partial charge in [0.15, 0.2) is 15.8 Å². The number of hydrogen-bond donors (Lipinski definition) is 2. The van der Waals surface area contributed by atoms with E-state index in [1.165, 1.54) is 6.26 Å². The van der Waals surface area contributed by atoms with E-state index in [0.717, 1.165) is 24.0 Å². The Balaban J connectivity index is 0.00000420. The highest BCUT2D eigenvalue weighted by Crippen LogP contribution is 2.10. The molecule has 7 nitrogen and oxygen atoms in total. The van der Waals surface area contributed by atoms with E-state index in [9.17, 15) is 8.42 Å². The number of benzene rings is 1. The van der Waals surface area contributed by atoms with Gasteiger partial charge in [-0.05, 0) is 36.1 Å². The standard InChI is InChI=1S/C20H28N4O3S.HI/c1-4-13-27-19-10-7-17(14-23-19)15-24-20(21-2)22-12-11-16-5-8-18(9-6-16)28(3,25)26;/h5-10,14H,4,11-13,15H2,1-3H3,(H2,21,22,24);1H. The molecule has 0 spiro atoms. The van der Waals surface area contributed by atoms with Crippen molar-refractivity contribution < 1.29 is 13.2 Å². The molecule has 2 rings (SSSR count). The molecule has 1 aromatic heterocycles. The molecule has 0 aliphatic carbocycles. The normalized spacial score (nSPS) is 11.5. The summed E-state index contributed by atoms with van der Waals surface area (Å²) in [6.45, 7) is 4.00. The first-order valence-corrected chi connectivity index (χ1v) is 11.1. The Kier molecular flexibility index (Phi) is 11.0. The van der Waals surface area contributed by atoms with Crippen LogP contribution >= 0.6 is 24.0 Å². The molecule has 9 heteroatoms. The fraction of sp³-hybridized carbons (Fsp3) is 0.400. The number of nitrogens with one attached hydrogen (secondary N) is 2. The van der Waals surface area contributed by atoms with Gasteiger partial charge in [0.2, 0.25) is 5.88 Å². The maximum absolute atomic E-state index is 11.5. The zero-order chi connectivity index (χ0) is 20.4. The molecule has 2 N–H and O–H groups in total. The van der Waals surface area contributed by atoms with E-state index in [0.29, 0.717) is 36.4 Å². The van der Waals surface area contributed by atoms with Crippen LogP contribution in [0.2, 0.25) is 0 Å². The first kappa shape index (κ1) is 25.2. The molecule has 0 saturated heterocycles. The lowest BCUT2D eigenvalue weighted by Crippen LogP contribution is -2.37. The highest BCUT2D eigenvalue weighted by molar-refractivity contribution is 14.0. The second-order valence-electron chi connectivity index (χ2n) is 6.37. The zero-order valence-electron chi connectivity index (χ0n) is 17.0. The van der Waals surface area contributed by atoms with Crippen LogP contribution in [0.3, 0.4) is 0 Å². The van der Waals surface area contributed by atoms with E-state index in [1.54, 1.807) is 25.4 Å². The summed E-state index contributed by atoms with van der Waals surface area (Å²) in [6, 6.07) is 10.8. The summed E-state index contributed by atoms with van der Waals surface area (Å²) in [5.41, 5.74) is 2.09. The van der Waals surface area contributed by atoms with Crippen molar-refractivity contribution in [1.82, 2.24) is 15.6 Å². The predicted octanol–water partition coefficient (Wildman–Crippen LogP) is 2.80. The van der Waals surface area contributed by atoms with Crippen molar-refractivity contribution in [1.29, 1.82) is 0 Å². The van der Waals surface area contributed by atoms with Gasteiger partial charge in [0, 0.05) is 38.7 Å². The average Bonchev–Trinajstić information content (AvgIpc) is 2.69. The third-order valence-electron chi connectivity index (χ3n) is 3.99. The maximum atomic E-state index is 11.5. The molecule has 1 aromatic carbocycles. The number of nitrogens with zero attached hydrogens (tertiary/aromatic N) is 2. The van der Waals surface area contributed by atoms with E-state index >= 15 is 0 Å². The first-order chi connectivity index (χ1) is 13.4. The molecule has 29 heavy (non-hydrogen) atoms. The second kappa shape index (κ2) is 12.6. The quantitative estimate of drug-likeness (QED) is 0.293. The summed E-state index contributed by atoms with van der Waals surface area (Å²) < 4.78 is 28.5. The molecular weight excluding hydrogens is 503 g/mol. The third kappa shape index (κ3) is 8.99. The summed E-state index contributed by atoms with van der Waals surface area (Å²) >= 11 is 0. The molecule has 0 fully saturated rings. The number of halogens is 1. The van der Waals surface area contributed by atoms with Crippen molar-refractivity contribution in [3.8, 4) is 5.88 Å². The summed E-state index contributed by atoms with van der Waals surface area (Å²) in [5.74, 6) is 1.33. The largest absolute Gasteiger partial charge is 0.478 e. The number of guanidine groups is 1. The van der Waals surface area contributed by atoms with Crippen LogP contribution in [-0.4, -0.2) is 45.8 Å². The highest BCUT2D eigenvalue weighted by atomic mass is 127. The summed E-state index contributed by atoms with van der Waals surface area (Å²) in [7, 11) is -1.44. The minimum Gasteiger partial charge on any atom is -0.478 e. The van der Waals surface area contributed by atoms with Crippen molar-refractivity contribution in [2.45, 2.75) is 31.2 Å². The molecule has 0 amide bonds.